The maximum Gasteiger partial charge on any atom is 0.416 e. The Bertz CT molecular complexity index is 1690. The third-order valence-corrected chi connectivity index (χ3v) is 6.71. The van der Waals surface area contributed by atoms with Crippen molar-refractivity contribution in [1.29, 1.82) is 0 Å². The molecule has 0 spiro atoms. The lowest BCUT2D eigenvalue weighted by atomic mass is 9.99. The fourth-order valence-electron chi connectivity index (χ4n) is 4.77. The number of nitrogens with zero attached hydrogens (tertiary/aromatic N) is 3. The summed E-state index contributed by atoms with van der Waals surface area (Å²) in [4.78, 5) is 29.4. The second kappa shape index (κ2) is 9.78. The monoisotopic (exact) mass is 552 g/mol. The van der Waals surface area contributed by atoms with Gasteiger partial charge in [0.2, 0.25) is 0 Å². The first kappa shape index (κ1) is 26.9. The molecule has 1 aliphatic rings. The van der Waals surface area contributed by atoms with Crippen LogP contribution in [0.25, 0.3) is 11.3 Å². The number of carbonyl (C=O) groups is 2. The van der Waals surface area contributed by atoms with Crippen LogP contribution in [0.15, 0.2) is 42.5 Å². The Morgan fingerprint density at radius 2 is 1.82 bits per heavy atom. The molecule has 40 heavy (non-hydrogen) atoms. The summed E-state index contributed by atoms with van der Waals surface area (Å²) >= 11 is 0. The first-order valence-electron chi connectivity index (χ1n) is 12.3. The van der Waals surface area contributed by atoms with Gasteiger partial charge in [0.25, 0.3) is 11.8 Å². The number of primary amides is 1. The number of hydrogen-bond acceptors (Lipinski definition) is 5. The van der Waals surface area contributed by atoms with Crippen LogP contribution in [-0.2, 0) is 19.1 Å². The molecule has 0 fully saturated rings. The Balaban J connectivity index is 1.51. The summed E-state index contributed by atoms with van der Waals surface area (Å²) in [5.41, 5.74) is 7.42. The number of nitrogens with one attached hydrogen (secondary N) is 2. The summed E-state index contributed by atoms with van der Waals surface area (Å²) < 4.78 is 56.8. The molecule has 2 aromatic carbocycles. The second-order valence-corrected chi connectivity index (χ2v) is 9.63. The summed E-state index contributed by atoms with van der Waals surface area (Å²) in [6, 6.07) is 9.99. The van der Waals surface area contributed by atoms with E-state index in [1.807, 2.05) is 25.1 Å². The van der Waals surface area contributed by atoms with Crippen LogP contribution in [0.3, 0.4) is 0 Å². The highest BCUT2D eigenvalue weighted by atomic mass is 19.4. The van der Waals surface area contributed by atoms with Crippen LogP contribution >= 0.6 is 0 Å². The number of alkyl halides is 3. The summed E-state index contributed by atoms with van der Waals surface area (Å²) in [6.07, 6.45) is -4.02. The fourth-order valence-corrected chi connectivity index (χ4v) is 4.77. The number of aryl methyl sites for hydroxylation is 4. The van der Waals surface area contributed by atoms with Crippen molar-refractivity contribution in [2.45, 2.75) is 39.9 Å². The number of fused-ring (bicyclic) bond motifs is 2. The third kappa shape index (κ3) is 4.88. The van der Waals surface area contributed by atoms with Gasteiger partial charge < -0.3 is 16.4 Å². The van der Waals surface area contributed by atoms with Crippen molar-refractivity contribution in [2.75, 3.05) is 10.6 Å². The maximum absolute atomic E-state index is 15.7. The van der Waals surface area contributed by atoms with E-state index in [4.69, 9.17) is 5.73 Å². The zero-order chi connectivity index (χ0) is 28.9. The van der Waals surface area contributed by atoms with Gasteiger partial charge in [-0.05, 0) is 68.7 Å². The van der Waals surface area contributed by atoms with Gasteiger partial charge in [-0.15, -0.1) is 0 Å². The lowest BCUT2D eigenvalue weighted by Crippen LogP contribution is -2.17. The third-order valence-electron chi connectivity index (χ3n) is 6.71. The van der Waals surface area contributed by atoms with E-state index in [2.05, 4.69) is 20.7 Å². The highest BCUT2D eigenvalue weighted by Gasteiger charge is 2.32. The number of carbonyl (C=O) groups excluding carboxylic acids is 2. The molecule has 0 unspecified atom stereocenters. The number of halogens is 4. The molecule has 0 atom stereocenters. The van der Waals surface area contributed by atoms with Crippen LogP contribution < -0.4 is 16.4 Å². The summed E-state index contributed by atoms with van der Waals surface area (Å²) in [5.74, 6) is -2.48. The van der Waals surface area contributed by atoms with Gasteiger partial charge in [0.1, 0.15) is 28.7 Å². The van der Waals surface area contributed by atoms with E-state index in [1.165, 1.54) is 26.0 Å². The molecule has 0 aliphatic carbocycles. The largest absolute Gasteiger partial charge is 0.416 e. The Morgan fingerprint density at radius 1 is 1.07 bits per heavy atom. The van der Waals surface area contributed by atoms with Gasteiger partial charge in [-0.1, -0.05) is 17.7 Å². The van der Waals surface area contributed by atoms with Gasteiger partial charge >= 0.3 is 6.18 Å². The molecule has 12 heteroatoms. The minimum absolute atomic E-state index is 0.00688. The van der Waals surface area contributed by atoms with E-state index < -0.39 is 29.4 Å². The molecular formula is C28H24F4N6O2. The number of benzene rings is 2. The van der Waals surface area contributed by atoms with Crippen molar-refractivity contribution in [2.24, 2.45) is 5.73 Å². The average molecular weight is 553 g/mol. The second-order valence-electron chi connectivity index (χ2n) is 9.63. The van der Waals surface area contributed by atoms with Crippen molar-refractivity contribution in [3.05, 3.63) is 87.4 Å². The zero-order valence-electron chi connectivity index (χ0n) is 21.7. The number of pyridine rings is 1. The van der Waals surface area contributed by atoms with E-state index in [0.29, 0.717) is 24.8 Å². The molecule has 2 amide bonds. The quantitative estimate of drug-likeness (QED) is 0.282. The van der Waals surface area contributed by atoms with Crippen molar-refractivity contribution in [3.63, 3.8) is 0 Å². The topological polar surface area (TPSA) is 115 Å². The molecule has 0 bridgehead atoms. The van der Waals surface area contributed by atoms with E-state index >= 15 is 4.39 Å². The fraction of sp³-hybridized carbons (Fsp3) is 0.214. The maximum atomic E-state index is 15.7. The Kier molecular flexibility index (Phi) is 6.56. The van der Waals surface area contributed by atoms with Gasteiger partial charge in [-0.2, -0.15) is 18.3 Å². The minimum atomic E-state index is -4.63. The zero-order valence-corrected chi connectivity index (χ0v) is 21.7. The average Bonchev–Trinajstić information content (AvgIpc) is 3.13. The molecule has 206 valence electrons. The molecular weight excluding hydrogens is 528 g/mol. The molecule has 3 heterocycles. The highest BCUT2D eigenvalue weighted by molar-refractivity contribution is 6.07. The number of aromatic nitrogens is 3. The molecule has 5 rings (SSSR count). The van der Waals surface area contributed by atoms with Crippen LogP contribution in [0, 0.1) is 26.6 Å². The molecule has 8 nitrogen and oxygen atoms in total. The number of amides is 2. The Morgan fingerprint density at radius 3 is 2.52 bits per heavy atom. The van der Waals surface area contributed by atoms with Crippen LogP contribution in [0.4, 0.5) is 34.9 Å². The highest BCUT2D eigenvalue weighted by Crippen LogP contribution is 2.37. The van der Waals surface area contributed by atoms with Gasteiger partial charge in [0, 0.05) is 29.1 Å². The van der Waals surface area contributed by atoms with Gasteiger partial charge in [0.15, 0.2) is 0 Å². The number of anilines is 3. The normalized spacial score (nSPS) is 12.7. The predicted octanol–water partition coefficient (Wildman–Crippen LogP) is 5.68. The lowest BCUT2D eigenvalue weighted by molar-refractivity contribution is -0.137. The Hall–Kier alpha value is -4.74. The molecule has 4 aromatic rings. The molecule has 0 radical (unpaired) electrons. The minimum Gasteiger partial charge on any atom is -0.365 e. The van der Waals surface area contributed by atoms with Gasteiger partial charge in [-0.3, -0.25) is 9.59 Å². The van der Waals surface area contributed by atoms with E-state index in [1.54, 1.807) is 4.68 Å². The molecule has 0 saturated carbocycles. The van der Waals surface area contributed by atoms with Crippen LogP contribution in [0.5, 0.6) is 0 Å². The standard InChI is InChI=1S/C28H24F4N6O2/c1-13-4-7-20-16(10-13)8-9-38-26(35-20)22(25(33)39)24(37-38)19-6-5-18(15(3)23(19)29)27(40)36-21-12-17(28(30,31)32)11-14(2)34-21/h4-7,10-12,35H,8-9H2,1-3H3,(H2,33,39)(H,34,36,40). The van der Waals surface area contributed by atoms with E-state index in [-0.39, 0.29) is 39.5 Å². The number of rotatable bonds is 4. The summed E-state index contributed by atoms with van der Waals surface area (Å²) in [5, 5.41) is 10.0. The Labute approximate surface area is 226 Å². The van der Waals surface area contributed by atoms with E-state index in [0.717, 1.165) is 22.9 Å². The molecule has 4 N–H and O–H groups in total. The van der Waals surface area contributed by atoms with E-state index in [9.17, 15) is 22.8 Å². The van der Waals surface area contributed by atoms with Crippen molar-refractivity contribution in [3.8, 4) is 11.3 Å². The van der Waals surface area contributed by atoms with Crippen LogP contribution in [-0.4, -0.2) is 26.6 Å². The SMILES string of the molecule is Cc1ccc2c(c1)CCn1nc(-c3ccc(C(=O)Nc4cc(C(F)(F)F)cc(C)n4)c(C)c3F)c(C(N)=O)c1N2. The van der Waals surface area contributed by atoms with Crippen LogP contribution in [0.2, 0.25) is 0 Å². The first-order valence-corrected chi connectivity index (χ1v) is 12.3. The first-order chi connectivity index (χ1) is 18.8. The van der Waals surface area contributed by atoms with Gasteiger partial charge in [-0.25, -0.2) is 14.1 Å². The lowest BCUT2D eigenvalue weighted by Gasteiger charge is -2.13. The van der Waals surface area contributed by atoms with Gasteiger partial charge in [0.05, 0.1) is 5.56 Å². The van der Waals surface area contributed by atoms with Crippen molar-refractivity contribution >= 4 is 29.1 Å². The van der Waals surface area contributed by atoms with Crippen LogP contribution in [0.1, 0.15) is 48.7 Å². The summed E-state index contributed by atoms with van der Waals surface area (Å²) in [6.45, 7) is 5.09. The predicted molar refractivity (Wildman–Crippen MR) is 141 cm³/mol. The summed E-state index contributed by atoms with van der Waals surface area (Å²) in [7, 11) is 0. The van der Waals surface area contributed by atoms with Crippen molar-refractivity contribution < 1.29 is 27.2 Å². The number of hydrogen-bond donors (Lipinski definition) is 3. The van der Waals surface area contributed by atoms with Crippen molar-refractivity contribution in [1.82, 2.24) is 14.8 Å². The number of nitrogens with two attached hydrogens (primary N) is 1. The smallest absolute Gasteiger partial charge is 0.365 e. The molecule has 0 saturated heterocycles. The molecule has 1 aliphatic heterocycles. The molecule has 2 aromatic heterocycles.